The van der Waals surface area contributed by atoms with E-state index < -0.39 is 11.6 Å². The molecule has 2 rings (SSSR count). The van der Waals surface area contributed by atoms with E-state index in [0.29, 0.717) is 17.9 Å². The van der Waals surface area contributed by atoms with Crippen molar-refractivity contribution in [3.8, 4) is 11.6 Å². The molecule has 106 valence electrons. The fourth-order valence-corrected chi connectivity index (χ4v) is 1.74. The maximum Gasteiger partial charge on any atom is 0.258 e. The molecule has 4 nitrogen and oxygen atoms in total. The van der Waals surface area contributed by atoms with E-state index in [0.717, 1.165) is 11.8 Å². The number of rotatable bonds is 4. The highest BCUT2D eigenvalue weighted by molar-refractivity contribution is 5.41. The zero-order valence-electron chi connectivity index (χ0n) is 11.5. The van der Waals surface area contributed by atoms with Crippen molar-refractivity contribution in [3.63, 3.8) is 0 Å². The van der Waals surface area contributed by atoms with Gasteiger partial charge in [-0.15, -0.1) is 0 Å². The van der Waals surface area contributed by atoms with Crippen LogP contribution >= 0.6 is 0 Å². The summed E-state index contributed by atoms with van der Waals surface area (Å²) in [4.78, 5) is 8.08. The fraction of sp³-hybridized carbons (Fsp3) is 0.286. The van der Waals surface area contributed by atoms with Gasteiger partial charge < -0.3 is 10.1 Å². The average molecular weight is 279 g/mol. The van der Waals surface area contributed by atoms with Crippen LogP contribution in [0.1, 0.15) is 18.3 Å². The number of anilines is 1. The molecule has 0 fully saturated rings. The van der Waals surface area contributed by atoms with Crippen LogP contribution in [0.15, 0.2) is 18.2 Å². The van der Waals surface area contributed by atoms with Crippen LogP contribution in [0.3, 0.4) is 0 Å². The number of nitrogens with one attached hydrogen (secondary N) is 1. The van der Waals surface area contributed by atoms with Gasteiger partial charge in [0.15, 0.2) is 23.2 Å². The number of hydrogen-bond donors (Lipinski definition) is 1. The highest BCUT2D eigenvalue weighted by atomic mass is 19.1. The molecule has 0 aromatic carbocycles. The smallest absolute Gasteiger partial charge is 0.258 e. The number of ether oxygens (including phenoxy) is 1. The van der Waals surface area contributed by atoms with E-state index in [1.807, 2.05) is 13.8 Å². The van der Waals surface area contributed by atoms with Crippen molar-refractivity contribution in [2.24, 2.45) is 0 Å². The minimum absolute atomic E-state index is 0.0699. The first-order chi connectivity index (χ1) is 9.55. The van der Waals surface area contributed by atoms with E-state index in [4.69, 9.17) is 4.74 Å². The first kappa shape index (κ1) is 14.2. The second kappa shape index (κ2) is 5.81. The molecule has 0 saturated carbocycles. The summed E-state index contributed by atoms with van der Waals surface area (Å²) >= 11 is 0. The lowest BCUT2D eigenvalue weighted by atomic mass is 10.2. The maximum atomic E-state index is 13.7. The lowest BCUT2D eigenvalue weighted by Gasteiger charge is -2.11. The standard InChI is InChI=1S/C14H15F2N3O/c1-4-11-12(6-5-8(2)18-11)20-14-10(16)7-9(15)13(17-3)19-14/h5-7H,4H2,1-3H3,(H,17,19). The normalized spacial score (nSPS) is 10.4. The Morgan fingerprint density at radius 2 is 1.95 bits per heavy atom. The number of halogens is 2. The average Bonchev–Trinajstić information content (AvgIpc) is 2.43. The zero-order valence-corrected chi connectivity index (χ0v) is 11.5. The summed E-state index contributed by atoms with van der Waals surface area (Å²) in [6.07, 6.45) is 0.638. The molecule has 0 spiro atoms. The van der Waals surface area contributed by atoms with Gasteiger partial charge in [0, 0.05) is 18.8 Å². The molecule has 0 aliphatic carbocycles. The number of pyridine rings is 2. The molecule has 0 aliphatic rings. The quantitative estimate of drug-likeness (QED) is 0.931. The molecule has 0 unspecified atom stereocenters. The second-order valence-electron chi connectivity index (χ2n) is 4.21. The van der Waals surface area contributed by atoms with Crippen molar-refractivity contribution >= 4 is 5.82 Å². The Labute approximate surface area is 115 Å². The molecule has 0 atom stereocenters. The number of nitrogens with zero attached hydrogens (tertiary/aromatic N) is 2. The van der Waals surface area contributed by atoms with Crippen LogP contribution < -0.4 is 10.1 Å². The molecule has 2 aromatic heterocycles. The first-order valence-electron chi connectivity index (χ1n) is 6.23. The summed E-state index contributed by atoms with van der Waals surface area (Å²) in [6, 6.07) is 4.20. The molecule has 6 heteroatoms. The van der Waals surface area contributed by atoms with E-state index in [1.54, 1.807) is 12.1 Å². The van der Waals surface area contributed by atoms with Crippen LogP contribution in [-0.4, -0.2) is 17.0 Å². The third-order valence-corrected chi connectivity index (χ3v) is 2.75. The van der Waals surface area contributed by atoms with Crippen molar-refractivity contribution in [2.75, 3.05) is 12.4 Å². The first-order valence-corrected chi connectivity index (χ1v) is 6.23. The molecular weight excluding hydrogens is 264 g/mol. The molecule has 2 heterocycles. The van der Waals surface area contributed by atoms with E-state index >= 15 is 0 Å². The van der Waals surface area contributed by atoms with Gasteiger partial charge in [0.1, 0.15) is 0 Å². The Hall–Kier alpha value is -2.24. The van der Waals surface area contributed by atoms with Gasteiger partial charge in [-0.1, -0.05) is 6.92 Å². The molecule has 2 aromatic rings. The minimum Gasteiger partial charge on any atom is -0.434 e. The Kier molecular flexibility index (Phi) is 4.12. The van der Waals surface area contributed by atoms with Gasteiger partial charge in [0.25, 0.3) is 5.88 Å². The Balaban J connectivity index is 2.39. The molecule has 0 saturated heterocycles. The van der Waals surface area contributed by atoms with Crippen LogP contribution in [0.2, 0.25) is 0 Å². The van der Waals surface area contributed by atoms with E-state index in [1.165, 1.54) is 7.05 Å². The molecule has 1 N–H and O–H groups in total. The highest BCUT2D eigenvalue weighted by Gasteiger charge is 2.14. The van der Waals surface area contributed by atoms with Gasteiger partial charge in [0.2, 0.25) is 0 Å². The van der Waals surface area contributed by atoms with Crippen LogP contribution in [-0.2, 0) is 6.42 Å². The van der Waals surface area contributed by atoms with Crippen molar-refractivity contribution in [1.29, 1.82) is 0 Å². The van der Waals surface area contributed by atoms with Crippen LogP contribution in [0.25, 0.3) is 0 Å². The van der Waals surface area contributed by atoms with Crippen molar-refractivity contribution in [1.82, 2.24) is 9.97 Å². The third kappa shape index (κ3) is 2.84. The monoisotopic (exact) mass is 279 g/mol. The zero-order chi connectivity index (χ0) is 14.7. The Bertz CT molecular complexity index is 632. The Morgan fingerprint density at radius 3 is 2.60 bits per heavy atom. The fourth-order valence-electron chi connectivity index (χ4n) is 1.74. The molecular formula is C14H15F2N3O. The summed E-state index contributed by atoms with van der Waals surface area (Å²) < 4.78 is 32.5. The minimum atomic E-state index is -0.857. The topological polar surface area (TPSA) is 47.0 Å². The molecule has 0 radical (unpaired) electrons. The van der Waals surface area contributed by atoms with Gasteiger partial charge in [-0.3, -0.25) is 4.98 Å². The number of hydrogen-bond acceptors (Lipinski definition) is 4. The van der Waals surface area contributed by atoms with Crippen molar-refractivity contribution < 1.29 is 13.5 Å². The summed E-state index contributed by atoms with van der Waals surface area (Å²) in [7, 11) is 1.50. The SMILES string of the molecule is CCc1nc(C)ccc1Oc1nc(NC)c(F)cc1F. The van der Waals surface area contributed by atoms with Gasteiger partial charge in [-0.2, -0.15) is 4.98 Å². The van der Waals surface area contributed by atoms with Crippen LogP contribution in [0.4, 0.5) is 14.6 Å². The van der Waals surface area contributed by atoms with Crippen molar-refractivity contribution in [3.05, 3.63) is 41.2 Å². The summed E-state index contributed by atoms with van der Waals surface area (Å²) in [5, 5.41) is 2.54. The van der Waals surface area contributed by atoms with Gasteiger partial charge >= 0.3 is 0 Å². The lowest BCUT2D eigenvalue weighted by molar-refractivity contribution is 0.412. The summed E-state index contributed by atoms with van der Waals surface area (Å²) in [5.74, 6) is -1.56. The van der Waals surface area contributed by atoms with Gasteiger partial charge in [0.05, 0.1) is 5.69 Å². The van der Waals surface area contributed by atoms with E-state index in [2.05, 4.69) is 15.3 Å². The van der Waals surface area contributed by atoms with E-state index in [-0.39, 0.29) is 11.7 Å². The molecule has 0 aliphatic heterocycles. The van der Waals surface area contributed by atoms with E-state index in [9.17, 15) is 8.78 Å². The van der Waals surface area contributed by atoms with Gasteiger partial charge in [-0.25, -0.2) is 8.78 Å². The molecule has 20 heavy (non-hydrogen) atoms. The third-order valence-electron chi connectivity index (χ3n) is 2.75. The largest absolute Gasteiger partial charge is 0.434 e. The highest BCUT2D eigenvalue weighted by Crippen LogP contribution is 2.28. The maximum absolute atomic E-state index is 13.7. The molecule has 0 bridgehead atoms. The lowest BCUT2D eigenvalue weighted by Crippen LogP contribution is -2.02. The van der Waals surface area contributed by atoms with Gasteiger partial charge in [-0.05, 0) is 25.5 Å². The predicted octanol–water partition coefficient (Wildman–Crippen LogP) is 3.46. The predicted molar refractivity (Wildman–Crippen MR) is 72.1 cm³/mol. The Morgan fingerprint density at radius 1 is 1.20 bits per heavy atom. The van der Waals surface area contributed by atoms with Crippen LogP contribution in [0.5, 0.6) is 11.6 Å². The second-order valence-corrected chi connectivity index (χ2v) is 4.21. The molecule has 0 amide bonds. The summed E-state index contributed by atoms with van der Waals surface area (Å²) in [6.45, 7) is 3.78. The summed E-state index contributed by atoms with van der Waals surface area (Å²) in [5.41, 5.74) is 1.54. The number of aryl methyl sites for hydroxylation is 2. The van der Waals surface area contributed by atoms with Crippen LogP contribution in [0, 0.1) is 18.6 Å². The van der Waals surface area contributed by atoms with Crippen molar-refractivity contribution in [2.45, 2.75) is 20.3 Å². The number of aromatic nitrogens is 2.